The summed E-state index contributed by atoms with van der Waals surface area (Å²) in [5, 5.41) is 21.7. The van der Waals surface area contributed by atoms with Crippen LogP contribution in [0.2, 0.25) is 0 Å². The lowest BCUT2D eigenvalue weighted by atomic mass is 10.1. The molecule has 6 nitrogen and oxygen atoms in total. The van der Waals surface area contributed by atoms with Gasteiger partial charge in [0.1, 0.15) is 0 Å². The van der Waals surface area contributed by atoms with E-state index in [1.807, 2.05) is 22.6 Å². The number of anilines is 1. The Morgan fingerprint density at radius 1 is 1.05 bits per heavy atom. The SMILES string of the molecule is O=C(CI)Nc1ccc(C(=O)Cn2c(O)ccc2O)cc1. The van der Waals surface area contributed by atoms with Crippen LogP contribution in [0.4, 0.5) is 5.69 Å². The van der Waals surface area contributed by atoms with E-state index in [0.717, 1.165) is 4.57 Å². The highest BCUT2D eigenvalue weighted by Gasteiger charge is 2.12. The smallest absolute Gasteiger partial charge is 0.234 e. The summed E-state index contributed by atoms with van der Waals surface area (Å²) in [6.45, 7) is -0.163. The van der Waals surface area contributed by atoms with Crippen LogP contribution in [0.25, 0.3) is 0 Å². The Balaban J connectivity index is 2.08. The van der Waals surface area contributed by atoms with Crippen LogP contribution in [0.1, 0.15) is 10.4 Å². The molecule has 7 heteroatoms. The second kappa shape index (κ2) is 6.61. The number of hydrogen-bond donors (Lipinski definition) is 3. The summed E-state index contributed by atoms with van der Waals surface area (Å²) in [7, 11) is 0. The average Bonchev–Trinajstić information content (AvgIpc) is 2.79. The van der Waals surface area contributed by atoms with E-state index in [2.05, 4.69) is 5.32 Å². The number of ketones is 1. The van der Waals surface area contributed by atoms with Crippen LogP contribution >= 0.6 is 22.6 Å². The van der Waals surface area contributed by atoms with E-state index in [0.29, 0.717) is 15.7 Å². The van der Waals surface area contributed by atoms with Gasteiger partial charge in [0.2, 0.25) is 5.91 Å². The molecule has 0 saturated carbocycles. The van der Waals surface area contributed by atoms with Crippen LogP contribution in [0.5, 0.6) is 11.8 Å². The van der Waals surface area contributed by atoms with Crippen molar-refractivity contribution in [2.24, 2.45) is 0 Å². The zero-order valence-corrected chi connectivity index (χ0v) is 13.1. The first-order chi connectivity index (χ1) is 10.0. The highest BCUT2D eigenvalue weighted by atomic mass is 127. The minimum Gasteiger partial charge on any atom is -0.494 e. The molecule has 0 unspecified atom stereocenters. The van der Waals surface area contributed by atoms with Crippen LogP contribution in [-0.4, -0.2) is 30.9 Å². The number of rotatable bonds is 5. The highest BCUT2D eigenvalue weighted by molar-refractivity contribution is 14.1. The topological polar surface area (TPSA) is 91.6 Å². The van der Waals surface area contributed by atoms with Crippen LogP contribution < -0.4 is 5.32 Å². The van der Waals surface area contributed by atoms with E-state index in [9.17, 15) is 19.8 Å². The van der Waals surface area contributed by atoms with Gasteiger partial charge in [0.05, 0.1) is 11.0 Å². The Morgan fingerprint density at radius 2 is 1.62 bits per heavy atom. The van der Waals surface area contributed by atoms with Crippen molar-refractivity contribution in [1.82, 2.24) is 4.57 Å². The lowest BCUT2D eigenvalue weighted by Crippen LogP contribution is -2.13. The number of benzene rings is 1. The molecule has 0 saturated heterocycles. The molecule has 0 fully saturated rings. The van der Waals surface area contributed by atoms with Gasteiger partial charge in [-0.1, -0.05) is 22.6 Å². The molecule has 0 radical (unpaired) electrons. The van der Waals surface area contributed by atoms with Gasteiger partial charge in [0.15, 0.2) is 17.5 Å². The third-order valence-corrected chi connectivity index (χ3v) is 3.54. The van der Waals surface area contributed by atoms with Crippen molar-refractivity contribution < 1.29 is 19.8 Å². The van der Waals surface area contributed by atoms with Gasteiger partial charge < -0.3 is 15.5 Å². The first-order valence-corrected chi connectivity index (χ1v) is 7.60. The standard InChI is InChI=1S/C14H13IN2O4/c15-7-12(19)16-10-3-1-9(2-4-10)11(18)8-17-13(20)5-6-14(17)21/h1-6,20-21H,7-8H2,(H,16,19). The third kappa shape index (κ3) is 3.75. The van der Waals surface area contributed by atoms with Gasteiger partial charge in [-0.2, -0.15) is 0 Å². The number of aromatic nitrogens is 1. The molecule has 0 atom stereocenters. The molecule has 110 valence electrons. The Labute approximate surface area is 134 Å². The van der Waals surface area contributed by atoms with E-state index in [1.165, 1.54) is 12.1 Å². The maximum absolute atomic E-state index is 12.1. The number of alkyl halides is 1. The number of nitrogens with one attached hydrogen (secondary N) is 1. The van der Waals surface area contributed by atoms with Gasteiger partial charge >= 0.3 is 0 Å². The number of carbonyl (C=O) groups excluding carboxylic acids is 2. The predicted molar refractivity (Wildman–Crippen MR) is 86.1 cm³/mol. The van der Waals surface area contributed by atoms with Crippen LogP contribution in [0.15, 0.2) is 36.4 Å². The number of aromatic hydroxyl groups is 2. The summed E-state index contributed by atoms with van der Waals surface area (Å²) in [6, 6.07) is 9.06. The second-order valence-corrected chi connectivity index (χ2v) is 5.08. The number of amides is 1. The van der Waals surface area contributed by atoms with Gasteiger partial charge in [-0.3, -0.25) is 14.2 Å². The van der Waals surface area contributed by atoms with Crippen LogP contribution in [0, 0.1) is 0 Å². The second-order valence-electron chi connectivity index (χ2n) is 4.32. The molecular weight excluding hydrogens is 387 g/mol. The fourth-order valence-electron chi connectivity index (χ4n) is 1.78. The number of halogens is 1. The van der Waals surface area contributed by atoms with Crippen molar-refractivity contribution in [2.75, 3.05) is 9.74 Å². The summed E-state index contributed by atoms with van der Waals surface area (Å²) in [4.78, 5) is 23.3. The van der Waals surface area contributed by atoms with E-state index < -0.39 is 0 Å². The summed E-state index contributed by atoms with van der Waals surface area (Å²) in [5.41, 5.74) is 1.04. The lowest BCUT2D eigenvalue weighted by molar-refractivity contribution is -0.113. The van der Waals surface area contributed by atoms with Gasteiger partial charge in [-0.05, 0) is 24.3 Å². The maximum Gasteiger partial charge on any atom is 0.234 e. The molecular formula is C14H13IN2O4. The largest absolute Gasteiger partial charge is 0.494 e. The molecule has 1 aromatic carbocycles. The molecule has 0 aliphatic carbocycles. The Hall–Kier alpha value is -2.03. The van der Waals surface area contributed by atoms with E-state index in [4.69, 9.17) is 0 Å². The van der Waals surface area contributed by atoms with Crippen LogP contribution in [0.3, 0.4) is 0 Å². The Morgan fingerprint density at radius 3 is 2.14 bits per heavy atom. The van der Waals surface area contributed by atoms with E-state index >= 15 is 0 Å². The molecule has 2 rings (SSSR count). The fourth-order valence-corrected chi connectivity index (χ4v) is 1.97. The fraction of sp³-hybridized carbons (Fsp3) is 0.143. The first kappa shape index (κ1) is 15.4. The van der Waals surface area contributed by atoms with Gasteiger partial charge in [0, 0.05) is 23.4 Å². The van der Waals surface area contributed by atoms with Crippen molar-refractivity contribution in [2.45, 2.75) is 6.54 Å². The number of hydrogen-bond acceptors (Lipinski definition) is 4. The molecule has 21 heavy (non-hydrogen) atoms. The van der Waals surface area contributed by atoms with Crippen molar-refractivity contribution in [3.63, 3.8) is 0 Å². The molecule has 1 amide bonds. The average molecular weight is 400 g/mol. The minimum atomic E-state index is -0.261. The maximum atomic E-state index is 12.1. The monoisotopic (exact) mass is 400 g/mol. The van der Waals surface area contributed by atoms with Gasteiger partial charge in [-0.25, -0.2) is 0 Å². The molecule has 0 aliphatic rings. The highest BCUT2D eigenvalue weighted by Crippen LogP contribution is 2.21. The normalized spacial score (nSPS) is 10.3. The lowest BCUT2D eigenvalue weighted by Gasteiger charge is -2.07. The summed E-state index contributed by atoms with van der Waals surface area (Å²) >= 11 is 1.96. The first-order valence-electron chi connectivity index (χ1n) is 6.08. The van der Waals surface area contributed by atoms with Gasteiger partial charge in [-0.15, -0.1) is 0 Å². The molecule has 3 N–H and O–H groups in total. The van der Waals surface area contributed by atoms with E-state index in [-0.39, 0.29) is 30.0 Å². The molecule has 0 aliphatic heterocycles. The molecule has 2 aromatic rings. The molecule has 1 aromatic heterocycles. The van der Waals surface area contributed by atoms with E-state index in [1.54, 1.807) is 24.3 Å². The quantitative estimate of drug-likeness (QED) is 0.408. The Kier molecular flexibility index (Phi) is 4.84. The number of carbonyl (C=O) groups is 2. The van der Waals surface area contributed by atoms with Crippen molar-refractivity contribution in [3.8, 4) is 11.8 Å². The van der Waals surface area contributed by atoms with Crippen molar-refractivity contribution in [1.29, 1.82) is 0 Å². The van der Waals surface area contributed by atoms with Crippen molar-refractivity contribution >= 4 is 40.0 Å². The molecule has 0 spiro atoms. The summed E-state index contributed by atoms with van der Waals surface area (Å²) in [6.07, 6.45) is 0. The zero-order valence-electron chi connectivity index (χ0n) is 10.9. The summed E-state index contributed by atoms with van der Waals surface area (Å²) < 4.78 is 1.46. The van der Waals surface area contributed by atoms with Crippen LogP contribution in [-0.2, 0) is 11.3 Å². The predicted octanol–water partition coefficient (Wildman–Crippen LogP) is 2.16. The summed E-state index contributed by atoms with van der Waals surface area (Å²) in [5.74, 6) is -0.723. The number of Topliss-reactive ketones (excluding diaryl/α,β-unsaturated/α-hetero) is 1. The molecule has 0 bridgehead atoms. The Bertz CT molecular complexity index is 645. The van der Waals surface area contributed by atoms with Gasteiger partial charge in [0.25, 0.3) is 0 Å². The minimum absolute atomic E-state index is 0.114. The zero-order chi connectivity index (χ0) is 15.4. The molecule has 1 heterocycles. The third-order valence-electron chi connectivity index (χ3n) is 2.85. The number of nitrogens with zero attached hydrogens (tertiary/aromatic N) is 1. The van der Waals surface area contributed by atoms with Crippen molar-refractivity contribution in [3.05, 3.63) is 42.0 Å².